The van der Waals surface area contributed by atoms with Gasteiger partial charge in [-0.05, 0) is 13.0 Å². The Morgan fingerprint density at radius 2 is 2.29 bits per heavy atom. The Labute approximate surface area is 82.9 Å². The number of allylic oxidation sites excluding steroid dienone is 1. The molecular weight excluding hydrogens is 184 g/mol. The fraction of sp³-hybridized carbons (Fsp3) is 0.600. The highest BCUT2D eigenvalue weighted by Gasteiger charge is 2.30. The molecule has 1 rings (SSSR count). The summed E-state index contributed by atoms with van der Waals surface area (Å²) < 4.78 is 10.6. The molecule has 1 atom stereocenters. The molecule has 1 aliphatic heterocycles. The van der Waals surface area contributed by atoms with Crippen molar-refractivity contribution in [3.63, 3.8) is 0 Å². The van der Waals surface area contributed by atoms with Crippen LogP contribution in [0, 0.1) is 0 Å². The molecule has 0 aromatic carbocycles. The fourth-order valence-corrected chi connectivity index (χ4v) is 1.33. The monoisotopic (exact) mass is 198 g/mol. The maximum atomic E-state index is 10.9. The predicted molar refractivity (Wildman–Crippen MR) is 49.5 cm³/mol. The van der Waals surface area contributed by atoms with E-state index >= 15 is 0 Å². The van der Waals surface area contributed by atoms with Gasteiger partial charge in [0.15, 0.2) is 6.29 Å². The van der Waals surface area contributed by atoms with Crippen LogP contribution in [0.25, 0.3) is 0 Å². The molecule has 0 aromatic heterocycles. The summed E-state index contributed by atoms with van der Waals surface area (Å²) >= 11 is 0. The molecule has 0 fully saturated rings. The van der Waals surface area contributed by atoms with E-state index in [0.29, 0.717) is 12.0 Å². The van der Waals surface area contributed by atoms with Crippen LogP contribution in [-0.2, 0) is 19.1 Å². The van der Waals surface area contributed by atoms with E-state index in [2.05, 4.69) is 0 Å². The van der Waals surface area contributed by atoms with E-state index in [9.17, 15) is 9.59 Å². The molecule has 4 heteroatoms. The molecule has 78 valence electrons. The lowest BCUT2D eigenvalue weighted by Gasteiger charge is -2.33. The lowest BCUT2D eigenvalue weighted by molar-refractivity contribution is -0.218. The maximum absolute atomic E-state index is 10.9. The second kappa shape index (κ2) is 3.92. The van der Waals surface area contributed by atoms with E-state index < -0.39 is 11.9 Å². The first-order chi connectivity index (χ1) is 6.43. The number of hydrogen-bond acceptors (Lipinski definition) is 4. The number of ketones is 1. The Morgan fingerprint density at radius 3 is 2.79 bits per heavy atom. The van der Waals surface area contributed by atoms with Crippen LogP contribution in [0.15, 0.2) is 11.8 Å². The van der Waals surface area contributed by atoms with E-state index in [1.807, 2.05) is 0 Å². The van der Waals surface area contributed by atoms with Gasteiger partial charge in [0.25, 0.3) is 0 Å². The zero-order valence-electron chi connectivity index (χ0n) is 8.57. The smallest absolute Gasteiger partial charge is 0.205 e. The normalized spacial score (nSPS) is 24.8. The first-order valence-electron chi connectivity index (χ1n) is 4.45. The van der Waals surface area contributed by atoms with Crippen molar-refractivity contribution in [2.24, 2.45) is 0 Å². The van der Waals surface area contributed by atoms with Crippen LogP contribution in [0.4, 0.5) is 0 Å². The third-order valence-corrected chi connectivity index (χ3v) is 1.70. The first-order valence-corrected chi connectivity index (χ1v) is 4.45. The number of aldehydes is 1. The van der Waals surface area contributed by atoms with Gasteiger partial charge in [0.2, 0.25) is 5.79 Å². The molecule has 0 N–H and O–H groups in total. The summed E-state index contributed by atoms with van der Waals surface area (Å²) in [5.41, 5.74) is 0. The van der Waals surface area contributed by atoms with Crippen LogP contribution in [0.5, 0.6) is 0 Å². The van der Waals surface area contributed by atoms with E-state index in [4.69, 9.17) is 9.47 Å². The number of carbonyl (C=O) groups is 2. The van der Waals surface area contributed by atoms with Crippen LogP contribution in [-0.4, -0.2) is 24.0 Å². The average molecular weight is 198 g/mol. The van der Waals surface area contributed by atoms with Gasteiger partial charge in [0.05, 0.1) is 6.42 Å². The van der Waals surface area contributed by atoms with E-state index in [0.717, 1.165) is 0 Å². The Balaban J connectivity index is 2.78. The van der Waals surface area contributed by atoms with Crippen molar-refractivity contribution >= 4 is 12.1 Å². The number of ether oxygens (including phenoxy) is 2. The Kier molecular flexibility index (Phi) is 3.06. The molecule has 0 spiro atoms. The molecule has 0 aliphatic carbocycles. The summed E-state index contributed by atoms with van der Waals surface area (Å²) in [5.74, 6) is -0.338. The summed E-state index contributed by atoms with van der Waals surface area (Å²) in [6.45, 7) is 4.88. The number of carbonyl (C=O) groups excluding carboxylic acids is 2. The molecule has 1 heterocycles. The third-order valence-electron chi connectivity index (χ3n) is 1.70. The SMILES string of the molecule is CC(=O)CC1=CC(C=O)OC(C)(C)O1. The molecule has 4 nitrogen and oxygen atoms in total. The maximum Gasteiger partial charge on any atom is 0.205 e. The zero-order valence-corrected chi connectivity index (χ0v) is 8.57. The summed E-state index contributed by atoms with van der Waals surface area (Å²) in [5, 5.41) is 0. The van der Waals surface area contributed by atoms with Gasteiger partial charge >= 0.3 is 0 Å². The summed E-state index contributed by atoms with van der Waals surface area (Å²) in [7, 11) is 0. The second-order valence-corrected chi connectivity index (χ2v) is 3.73. The molecule has 0 amide bonds. The molecule has 1 unspecified atom stereocenters. The lowest BCUT2D eigenvalue weighted by Crippen LogP contribution is -2.37. The molecule has 0 bridgehead atoms. The Bertz CT molecular complexity index is 278. The molecule has 0 saturated carbocycles. The zero-order chi connectivity index (χ0) is 10.8. The van der Waals surface area contributed by atoms with Gasteiger partial charge in [-0.3, -0.25) is 4.79 Å². The third kappa shape index (κ3) is 2.96. The fourth-order valence-electron chi connectivity index (χ4n) is 1.33. The van der Waals surface area contributed by atoms with Gasteiger partial charge in [-0.2, -0.15) is 0 Å². The number of rotatable bonds is 3. The van der Waals surface area contributed by atoms with E-state index in [1.54, 1.807) is 13.8 Å². The van der Waals surface area contributed by atoms with Crippen LogP contribution in [0.1, 0.15) is 27.2 Å². The summed E-state index contributed by atoms with van der Waals surface area (Å²) in [4.78, 5) is 21.4. The highest BCUT2D eigenvalue weighted by molar-refractivity contribution is 5.78. The van der Waals surface area contributed by atoms with Crippen molar-refractivity contribution in [1.29, 1.82) is 0 Å². The van der Waals surface area contributed by atoms with Gasteiger partial charge in [0.1, 0.15) is 17.6 Å². The van der Waals surface area contributed by atoms with Crippen LogP contribution in [0.2, 0.25) is 0 Å². The highest BCUT2D eigenvalue weighted by Crippen LogP contribution is 2.25. The summed E-state index contributed by atoms with van der Waals surface area (Å²) in [6, 6.07) is 0. The average Bonchev–Trinajstić information content (AvgIpc) is 1.99. The standard InChI is InChI=1S/C10H14O4/c1-7(12)4-8-5-9(6-11)14-10(2,3)13-8/h5-6,9H,4H2,1-3H3. The Hall–Kier alpha value is -1.16. The van der Waals surface area contributed by atoms with Crippen molar-refractivity contribution in [1.82, 2.24) is 0 Å². The topological polar surface area (TPSA) is 52.6 Å². The van der Waals surface area contributed by atoms with E-state index in [-0.39, 0.29) is 12.2 Å². The highest BCUT2D eigenvalue weighted by atomic mass is 16.7. The molecule has 0 radical (unpaired) electrons. The molecule has 1 aliphatic rings. The van der Waals surface area contributed by atoms with Crippen LogP contribution < -0.4 is 0 Å². The minimum atomic E-state index is -0.842. The van der Waals surface area contributed by atoms with Gasteiger partial charge in [-0.15, -0.1) is 0 Å². The Morgan fingerprint density at radius 1 is 1.64 bits per heavy atom. The lowest BCUT2D eigenvalue weighted by atomic mass is 10.2. The van der Waals surface area contributed by atoms with Gasteiger partial charge in [0, 0.05) is 13.8 Å². The minimum Gasteiger partial charge on any atom is -0.467 e. The van der Waals surface area contributed by atoms with Crippen LogP contribution >= 0.6 is 0 Å². The van der Waals surface area contributed by atoms with Crippen molar-refractivity contribution in [3.05, 3.63) is 11.8 Å². The largest absolute Gasteiger partial charge is 0.467 e. The van der Waals surface area contributed by atoms with Crippen LogP contribution in [0.3, 0.4) is 0 Å². The number of Topliss-reactive ketones (excluding diaryl/α,β-unsaturated/α-hetero) is 1. The minimum absolute atomic E-state index is 0.00130. The first kappa shape index (κ1) is 10.9. The van der Waals surface area contributed by atoms with Gasteiger partial charge < -0.3 is 14.3 Å². The predicted octanol–water partition coefficient (Wildman–Crippen LogP) is 1.20. The molecule has 0 saturated heterocycles. The molecule has 14 heavy (non-hydrogen) atoms. The van der Waals surface area contributed by atoms with Gasteiger partial charge in [-0.1, -0.05) is 0 Å². The second-order valence-electron chi connectivity index (χ2n) is 3.73. The van der Waals surface area contributed by atoms with E-state index in [1.165, 1.54) is 13.0 Å². The van der Waals surface area contributed by atoms with Crippen molar-refractivity contribution in [2.45, 2.75) is 39.1 Å². The van der Waals surface area contributed by atoms with Crippen molar-refractivity contribution < 1.29 is 19.1 Å². The van der Waals surface area contributed by atoms with Crippen molar-refractivity contribution in [2.75, 3.05) is 0 Å². The van der Waals surface area contributed by atoms with Gasteiger partial charge in [-0.25, -0.2) is 0 Å². The molecule has 0 aromatic rings. The van der Waals surface area contributed by atoms with Crippen molar-refractivity contribution in [3.8, 4) is 0 Å². The number of hydrogen-bond donors (Lipinski definition) is 0. The quantitative estimate of drug-likeness (QED) is 0.639. The summed E-state index contributed by atoms with van der Waals surface area (Å²) in [6.07, 6.45) is 1.80. The molecular formula is C10H14O4.